The lowest BCUT2D eigenvalue weighted by Crippen LogP contribution is -2.46. The maximum absolute atomic E-state index is 13.5. The summed E-state index contributed by atoms with van der Waals surface area (Å²) in [6.07, 6.45) is 0. The Bertz CT molecular complexity index is 982. The third-order valence-electron chi connectivity index (χ3n) is 5.33. The first-order valence-corrected chi connectivity index (χ1v) is 9.84. The summed E-state index contributed by atoms with van der Waals surface area (Å²) < 4.78 is 5.19. The second kappa shape index (κ2) is 7.89. The number of rotatable bonds is 4. The van der Waals surface area contributed by atoms with E-state index in [0.717, 1.165) is 18.7 Å². The minimum Gasteiger partial charge on any atom is -0.495 e. The van der Waals surface area contributed by atoms with Crippen LogP contribution in [-0.2, 0) is 9.59 Å². The molecule has 0 unspecified atom stereocenters. The molecule has 0 aromatic heterocycles. The number of hydrogen-bond donors (Lipinski definition) is 0. The lowest BCUT2D eigenvalue weighted by Gasteiger charge is -2.34. The Balaban J connectivity index is 1.78. The van der Waals surface area contributed by atoms with Crippen LogP contribution in [0.3, 0.4) is 0 Å². The molecule has 0 radical (unpaired) electrons. The number of carbonyl (C=O) groups is 2. The topological polar surface area (TPSA) is 53.1 Å². The normalized spacial score (nSPS) is 18.0. The molecule has 0 atom stereocenters. The number of hydrogen-bond acceptors (Lipinski definition) is 5. The van der Waals surface area contributed by atoms with Crippen LogP contribution in [0.25, 0.3) is 5.57 Å². The lowest BCUT2D eigenvalue weighted by atomic mass is 10.0. The smallest absolute Gasteiger partial charge is 0.282 e. The van der Waals surface area contributed by atoms with Gasteiger partial charge in [0.2, 0.25) is 0 Å². The fourth-order valence-corrected chi connectivity index (χ4v) is 3.99. The van der Waals surface area contributed by atoms with Crippen LogP contribution < -0.4 is 9.64 Å². The van der Waals surface area contributed by atoms with Crippen LogP contribution >= 0.6 is 11.6 Å². The Morgan fingerprint density at radius 3 is 2.24 bits per heavy atom. The lowest BCUT2D eigenvalue weighted by molar-refractivity contribution is -0.120. The molecule has 2 heterocycles. The molecule has 1 fully saturated rings. The van der Waals surface area contributed by atoms with Gasteiger partial charge in [0, 0.05) is 26.2 Å². The molecule has 4 rings (SSSR count). The number of piperazine rings is 1. The number of ether oxygens (including phenoxy) is 1. The first kappa shape index (κ1) is 19.5. The number of likely N-dealkylation sites (N-methyl/N-ethyl adjacent to an activating group) is 1. The molecule has 150 valence electrons. The van der Waals surface area contributed by atoms with E-state index in [4.69, 9.17) is 16.3 Å². The van der Waals surface area contributed by atoms with Gasteiger partial charge in [-0.3, -0.25) is 9.59 Å². The molecule has 0 saturated carbocycles. The molecule has 0 aliphatic carbocycles. The third kappa shape index (κ3) is 3.50. The van der Waals surface area contributed by atoms with Crippen molar-refractivity contribution in [3.8, 4) is 5.75 Å². The van der Waals surface area contributed by atoms with Crippen LogP contribution in [-0.4, -0.2) is 62.0 Å². The van der Waals surface area contributed by atoms with Gasteiger partial charge in [-0.1, -0.05) is 41.9 Å². The molecule has 6 nitrogen and oxygen atoms in total. The highest BCUT2D eigenvalue weighted by molar-refractivity contribution is 6.45. The van der Waals surface area contributed by atoms with Crippen molar-refractivity contribution in [2.75, 3.05) is 45.2 Å². The van der Waals surface area contributed by atoms with Gasteiger partial charge in [0.05, 0.1) is 23.4 Å². The molecule has 0 bridgehead atoms. The summed E-state index contributed by atoms with van der Waals surface area (Å²) in [6, 6.07) is 14.3. The van der Waals surface area contributed by atoms with Crippen LogP contribution in [0.15, 0.2) is 54.2 Å². The molecule has 0 spiro atoms. The van der Waals surface area contributed by atoms with E-state index in [1.165, 1.54) is 12.0 Å². The molecule has 1 saturated heterocycles. The number of methoxy groups -OCH3 is 1. The highest BCUT2D eigenvalue weighted by Crippen LogP contribution is 2.37. The number of anilines is 1. The van der Waals surface area contributed by atoms with Crippen molar-refractivity contribution in [3.63, 3.8) is 0 Å². The summed E-state index contributed by atoms with van der Waals surface area (Å²) in [5.41, 5.74) is 2.07. The van der Waals surface area contributed by atoms with Gasteiger partial charge in [0.25, 0.3) is 11.8 Å². The average molecular weight is 412 g/mol. The summed E-state index contributed by atoms with van der Waals surface area (Å²) in [7, 11) is 3.57. The maximum atomic E-state index is 13.5. The van der Waals surface area contributed by atoms with Gasteiger partial charge >= 0.3 is 0 Å². The Hall–Kier alpha value is -2.83. The van der Waals surface area contributed by atoms with Gasteiger partial charge in [-0.05, 0) is 30.8 Å². The van der Waals surface area contributed by atoms with E-state index in [-0.39, 0.29) is 11.8 Å². The monoisotopic (exact) mass is 411 g/mol. The van der Waals surface area contributed by atoms with Crippen LogP contribution in [0, 0.1) is 0 Å². The maximum Gasteiger partial charge on any atom is 0.282 e. The van der Waals surface area contributed by atoms with Crippen LogP contribution in [0.5, 0.6) is 5.75 Å². The number of nitrogens with zero attached hydrogens (tertiary/aromatic N) is 3. The van der Waals surface area contributed by atoms with Crippen LogP contribution in [0.2, 0.25) is 5.02 Å². The molecule has 7 heteroatoms. The van der Waals surface area contributed by atoms with Crippen molar-refractivity contribution in [1.29, 1.82) is 0 Å². The molecule has 2 aliphatic rings. The second-order valence-corrected chi connectivity index (χ2v) is 7.55. The summed E-state index contributed by atoms with van der Waals surface area (Å²) in [6.45, 7) is 3.06. The predicted octanol–water partition coefficient (Wildman–Crippen LogP) is 2.88. The summed E-state index contributed by atoms with van der Waals surface area (Å²) in [5, 5.41) is 0.347. The fraction of sp³-hybridized carbons (Fsp3) is 0.273. The molecule has 2 aliphatic heterocycles. The van der Waals surface area contributed by atoms with Crippen molar-refractivity contribution in [3.05, 3.63) is 64.8 Å². The number of amides is 2. The van der Waals surface area contributed by atoms with Gasteiger partial charge < -0.3 is 14.5 Å². The van der Waals surface area contributed by atoms with Crippen LogP contribution in [0.1, 0.15) is 5.56 Å². The van der Waals surface area contributed by atoms with Gasteiger partial charge in [-0.2, -0.15) is 0 Å². The van der Waals surface area contributed by atoms with Gasteiger partial charge in [0.15, 0.2) is 0 Å². The zero-order chi connectivity index (χ0) is 20.5. The van der Waals surface area contributed by atoms with Gasteiger partial charge in [-0.25, -0.2) is 4.90 Å². The quantitative estimate of drug-likeness (QED) is 0.724. The van der Waals surface area contributed by atoms with Crippen LogP contribution in [0.4, 0.5) is 5.69 Å². The van der Waals surface area contributed by atoms with Gasteiger partial charge in [0.1, 0.15) is 11.4 Å². The standard InChI is InChI=1S/C22H22ClN3O3/c1-24-10-12-25(13-11-24)20-19(15-6-4-3-5-7-15)21(27)26(22(20)28)16-8-9-18(29-2)17(23)14-16/h3-9,14H,10-13H2,1-2H3. The number of imide groups is 1. The van der Waals surface area contributed by atoms with Crippen molar-refractivity contribution in [1.82, 2.24) is 9.80 Å². The Kier molecular flexibility index (Phi) is 5.30. The van der Waals surface area contributed by atoms with Crippen molar-refractivity contribution in [2.45, 2.75) is 0 Å². The van der Waals surface area contributed by atoms with E-state index in [0.29, 0.717) is 40.8 Å². The number of benzene rings is 2. The summed E-state index contributed by atoms with van der Waals surface area (Å²) in [5.74, 6) is -0.166. The first-order valence-electron chi connectivity index (χ1n) is 9.46. The van der Waals surface area contributed by atoms with Crippen molar-refractivity contribution >= 4 is 34.7 Å². The molecule has 2 amide bonds. The largest absolute Gasteiger partial charge is 0.495 e. The SMILES string of the molecule is COc1ccc(N2C(=O)C(c3ccccc3)=C(N3CCN(C)CC3)C2=O)cc1Cl. The Morgan fingerprint density at radius 2 is 1.62 bits per heavy atom. The zero-order valence-electron chi connectivity index (χ0n) is 16.4. The van der Waals surface area contributed by atoms with Crippen molar-refractivity contribution < 1.29 is 14.3 Å². The average Bonchev–Trinajstić information content (AvgIpc) is 2.99. The third-order valence-corrected chi connectivity index (χ3v) is 5.63. The molecule has 2 aromatic carbocycles. The summed E-state index contributed by atoms with van der Waals surface area (Å²) in [4.78, 5) is 32.3. The fourth-order valence-electron chi connectivity index (χ4n) is 3.74. The molecule has 2 aromatic rings. The van der Waals surface area contributed by atoms with Gasteiger partial charge in [-0.15, -0.1) is 0 Å². The van der Waals surface area contributed by atoms with Crippen molar-refractivity contribution in [2.24, 2.45) is 0 Å². The predicted molar refractivity (Wildman–Crippen MR) is 113 cm³/mol. The molecular weight excluding hydrogens is 390 g/mol. The minimum atomic E-state index is -0.337. The Labute approximate surface area is 174 Å². The summed E-state index contributed by atoms with van der Waals surface area (Å²) >= 11 is 6.25. The number of carbonyl (C=O) groups excluding carboxylic acids is 2. The Morgan fingerprint density at radius 1 is 0.931 bits per heavy atom. The zero-order valence-corrected chi connectivity index (χ0v) is 17.1. The molecule has 29 heavy (non-hydrogen) atoms. The van der Waals surface area contributed by atoms with E-state index in [2.05, 4.69) is 11.9 Å². The van der Waals surface area contributed by atoms with E-state index in [9.17, 15) is 9.59 Å². The molecule has 0 N–H and O–H groups in total. The first-order chi connectivity index (χ1) is 14.0. The second-order valence-electron chi connectivity index (χ2n) is 7.14. The van der Waals surface area contributed by atoms with E-state index in [1.54, 1.807) is 18.2 Å². The molecular formula is C22H22ClN3O3. The van der Waals surface area contributed by atoms with E-state index in [1.807, 2.05) is 35.2 Å². The van der Waals surface area contributed by atoms with E-state index >= 15 is 0 Å². The van der Waals surface area contributed by atoms with E-state index < -0.39 is 0 Å². The number of halogens is 1. The highest BCUT2D eigenvalue weighted by Gasteiger charge is 2.43. The highest BCUT2D eigenvalue weighted by atomic mass is 35.5. The minimum absolute atomic E-state index is 0.320.